The van der Waals surface area contributed by atoms with E-state index in [-0.39, 0.29) is 31.3 Å². The number of hydrogen-bond acceptors (Lipinski definition) is 8. The molecule has 0 saturated carbocycles. The number of aromatic nitrogens is 2. The summed E-state index contributed by atoms with van der Waals surface area (Å²) >= 11 is 12.4. The Hall–Kier alpha value is -2.73. The number of rotatable bonds is 6. The molecule has 13 heteroatoms. The highest BCUT2D eigenvalue weighted by molar-refractivity contribution is 7.94. The zero-order valence-corrected chi connectivity index (χ0v) is 18.2. The molecule has 0 fully saturated rings. The molecule has 0 aliphatic rings. The Labute approximate surface area is 185 Å². The lowest BCUT2D eigenvalue weighted by Gasteiger charge is -2.06. The van der Waals surface area contributed by atoms with Gasteiger partial charge in [0.15, 0.2) is 0 Å². The highest BCUT2D eigenvalue weighted by Gasteiger charge is 2.22. The Balaban J connectivity index is 1.76. The van der Waals surface area contributed by atoms with Gasteiger partial charge in [-0.25, -0.2) is 4.79 Å². The van der Waals surface area contributed by atoms with Crippen molar-refractivity contribution in [2.75, 3.05) is 17.1 Å². The minimum Gasteiger partial charge on any atom is -0.465 e. The van der Waals surface area contributed by atoms with Crippen molar-refractivity contribution in [2.45, 2.75) is 4.34 Å². The topological polar surface area (TPSA) is 127 Å². The predicted molar refractivity (Wildman–Crippen MR) is 113 cm³/mol. The second kappa shape index (κ2) is 8.96. The SMILES string of the molecule is COC(=O)c1cccc(NS(=O)(=O)c2nnc(NC(=O)c3ccc(Cl)cc3Cl)s2)c1. The summed E-state index contributed by atoms with van der Waals surface area (Å²) in [6, 6.07) is 10.1. The number of benzene rings is 2. The molecule has 9 nitrogen and oxygen atoms in total. The van der Waals surface area contributed by atoms with Crippen molar-refractivity contribution in [1.82, 2.24) is 10.2 Å². The number of anilines is 2. The summed E-state index contributed by atoms with van der Waals surface area (Å²) in [6.07, 6.45) is 0. The third-order valence-corrected chi connectivity index (χ3v) is 6.70. The van der Waals surface area contributed by atoms with Crippen molar-refractivity contribution in [2.24, 2.45) is 0 Å². The summed E-state index contributed by atoms with van der Waals surface area (Å²) in [4.78, 5) is 23.9. The van der Waals surface area contributed by atoms with Gasteiger partial charge in [-0.2, -0.15) is 8.42 Å². The zero-order valence-electron chi connectivity index (χ0n) is 15.0. The first-order valence-electron chi connectivity index (χ1n) is 8.01. The maximum absolute atomic E-state index is 12.5. The molecule has 0 aliphatic heterocycles. The number of carbonyl (C=O) groups is 2. The van der Waals surface area contributed by atoms with E-state index in [1.54, 1.807) is 0 Å². The van der Waals surface area contributed by atoms with Gasteiger partial charge in [-0.1, -0.05) is 40.6 Å². The van der Waals surface area contributed by atoms with Crippen LogP contribution in [-0.2, 0) is 14.8 Å². The smallest absolute Gasteiger partial charge is 0.337 e. The summed E-state index contributed by atoms with van der Waals surface area (Å²) in [5.74, 6) is -1.21. The van der Waals surface area contributed by atoms with Crippen LogP contribution < -0.4 is 10.0 Å². The molecule has 0 atom stereocenters. The third-order valence-electron chi connectivity index (χ3n) is 3.57. The van der Waals surface area contributed by atoms with Gasteiger partial charge < -0.3 is 4.74 Å². The number of halogens is 2. The molecular weight excluding hydrogens is 475 g/mol. The number of nitrogens with zero attached hydrogens (tertiary/aromatic N) is 2. The second-order valence-corrected chi connectivity index (χ2v) is 9.31. The van der Waals surface area contributed by atoms with Crippen LogP contribution >= 0.6 is 34.5 Å². The molecule has 0 saturated heterocycles. The van der Waals surface area contributed by atoms with Crippen molar-refractivity contribution < 1.29 is 22.7 Å². The first-order chi connectivity index (χ1) is 14.2. The van der Waals surface area contributed by atoms with Crippen LogP contribution in [0.5, 0.6) is 0 Å². The molecule has 30 heavy (non-hydrogen) atoms. The quantitative estimate of drug-likeness (QED) is 0.401. The molecule has 3 rings (SSSR count). The summed E-state index contributed by atoms with van der Waals surface area (Å²) in [5.41, 5.74) is 0.438. The fraction of sp³-hybridized carbons (Fsp3) is 0.0588. The predicted octanol–water partition coefficient (Wildman–Crippen LogP) is 3.68. The van der Waals surface area contributed by atoms with Crippen molar-refractivity contribution in [3.63, 3.8) is 0 Å². The van der Waals surface area contributed by atoms with Crippen LogP contribution in [0.25, 0.3) is 0 Å². The molecule has 1 amide bonds. The molecule has 3 aromatic rings. The molecule has 0 radical (unpaired) electrons. The average molecular weight is 487 g/mol. The molecule has 2 N–H and O–H groups in total. The molecule has 0 bridgehead atoms. The number of nitrogens with one attached hydrogen (secondary N) is 2. The number of methoxy groups -OCH3 is 1. The van der Waals surface area contributed by atoms with E-state index in [9.17, 15) is 18.0 Å². The van der Waals surface area contributed by atoms with E-state index in [0.717, 1.165) is 0 Å². The van der Waals surface area contributed by atoms with Crippen LogP contribution in [0.2, 0.25) is 10.0 Å². The first kappa shape index (κ1) is 22.0. The fourth-order valence-corrected chi connectivity index (χ4v) is 4.67. The van der Waals surface area contributed by atoms with E-state index in [0.29, 0.717) is 16.4 Å². The molecule has 1 heterocycles. The van der Waals surface area contributed by atoms with E-state index in [1.807, 2.05) is 0 Å². The van der Waals surface area contributed by atoms with Gasteiger partial charge in [-0.3, -0.25) is 14.8 Å². The lowest BCUT2D eigenvalue weighted by atomic mass is 10.2. The lowest BCUT2D eigenvalue weighted by Crippen LogP contribution is -2.13. The Bertz CT molecular complexity index is 1230. The highest BCUT2D eigenvalue weighted by Crippen LogP contribution is 2.25. The molecule has 0 aliphatic carbocycles. The van der Waals surface area contributed by atoms with E-state index in [4.69, 9.17) is 23.2 Å². The van der Waals surface area contributed by atoms with Crippen LogP contribution in [0.4, 0.5) is 10.8 Å². The van der Waals surface area contributed by atoms with Gasteiger partial charge in [0.05, 0.1) is 23.3 Å². The molecule has 1 aromatic heterocycles. The molecule has 2 aromatic carbocycles. The van der Waals surface area contributed by atoms with E-state index >= 15 is 0 Å². The van der Waals surface area contributed by atoms with Gasteiger partial charge in [0.1, 0.15) is 0 Å². The van der Waals surface area contributed by atoms with Gasteiger partial charge in [0.2, 0.25) is 5.13 Å². The second-order valence-electron chi connectivity index (χ2n) is 5.63. The standard InChI is InChI=1S/C17H12Cl2N4O5S2/c1-28-15(25)9-3-2-4-11(7-9)23-30(26,27)17-22-21-16(29-17)20-14(24)12-6-5-10(18)8-13(12)19/h2-8,23H,1H3,(H,20,21,24). The molecule has 0 spiro atoms. The molecular formula is C17H12Cl2N4O5S2. The number of sulfonamides is 1. The Morgan fingerprint density at radius 1 is 1.10 bits per heavy atom. The first-order valence-corrected chi connectivity index (χ1v) is 11.1. The largest absolute Gasteiger partial charge is 0.465 e. The van der Waals surface area contributed by atoms with E-state index < -0.39 is 21.9 Å². The van der Waals surface area contributed by atoms with Crippen LogP contribution in [0, 0.1) is 0 Å². The van der Waals surface area contributed by atoms with Gasteiger partial charge >= 0.3 is 5.97 Å². The van der Waals surface area contributed by atoms with Crippen molar-refractivity contribution >= 4 is 67.3 Å². The van der Waals surface area contributed by atoms with E-state index in [1.165, 1.54) is 49.6 Å². The summed E-state index contributed by atoms with van der Waals surface area (Å²) in [5, 5.41) is 10.1. The number of carbonyl (C=O) groups excluding carboxylic acids is 2. The Kier molecular flexibility index (Phi) is 6.56. The van der Waals surface area contributed by atoms with Crippen LogP contribution in [0.15, 0.2) is 46.8 Å². The number of amides is 1. The van der Waals surface area contributed by atoms with Gasteiger partial charge in [0.25, 0.3) is 20.3 Å². The summed E-state index contributed by atoms with van der Waals surface area (Å²) in [6.45, 7) is 0. The Morgan fingerprint density at radius 2 is 1.87 bits per heavy atom. The van der Waals surface area contributed by atoms with E-state index in [2.05, 4.69) is 25.0 Å². The minimum atomic E-state index is -4.11. The maximum Gasteiger partial charge on any atom is 0.337 e. The number of hydrogen-bond donors (Lipinski definition) is 2. The summed E-state index contributed by atoms with van der Waals surface area (Å²) in [7, 11) is -2.89. The van der Waals surface area contributed by atoms with Gasteiger partial charge in [0, 0.05) is 10.7 Å². The lowest BCUT2D eigenvalue weighted by molar-refractivity contribution is 0.0600. The minimum absolute atomic E-state index is 0.0466. The van der Waals surface area contributed by atoms with Crippen molar-refractivity contribution in [1.29, 1.82) is 0 Å². The maximum atomic E-state index is 12.5. The van der Waals surface area contributed by atoms with Gasteiger partial charge in [-0.15, -0.1) is 10.2 Å². The van der Waals surface area contributed by atoms with Crippen LogP contribution in [-0.4, -0.2) is 37.6 Å². The van der Waals surface area contributed by atoms with Crippen molar-refractivity contribution in [3.05, 3.63) is 63.6 Å². The number of ether oxygens (including phenoxy) is 1. The number of esters is 1. The summed E-state index contributed by atoms with van der Waals surface area (Å²) < 4.78 is 31.6. The fourth-order valence-electron chi connectivity index (χ4n) is 2.23. The van der Waals surface area contributed by atoms with Crippen LogP contribution in [0.3, 0.4) is 0 Å². The molecule has 0 unspecified atom stereocenters. The zero-order chi connectivity index (χ0) is 21.9. The highest BCUT2D eigenvalue weighted by atomic mass is 35.5. The van der Waals surface area contributed by atoms with Gasteiger partial charge in [-0.05, 0) is 36.4 Å². The monoisotopic (exact) mass is 486 g/mol. The third kappa shape index (κ3) is 5.05. The van der Waals surface area contributed by atoms with Crippen LogP contribution in [0.1, 0.15) is 20.7 Å². The molecule has 156 valence electrons. The normalized spacial score (nSPS) is 11.0. The van der Waals surface area contributed by atoms with Crippen molar-refractivity contribution in [3.8, 4) is 0 Å². The Morgan fingerprint density at radius 3 is 2.57 bits per heavy atom. The average Bonchev–Trinajstić information content (AvgIpc) is 3.16.